The van der Waals surface area contributed by atoms with Crippen LogP contribution < -0.4 is 5.32 Å². The smallest absolute Gasteiger partial charge is 0.325 e. The van der Waals surface area contributed by atoms with E-state index in [4.69, 9.17) is 0 Å². The van der Waals surface area contributed by atoms with E-state index in [9.17, 15) is 9.90 Å². The number of nitrogens with zero attached hydrogens (tertiary/aromatic N) is 1. The first kappa shape index (κ1) is 13.4. The molecule has 1 atom stereocenters. The second-order valence-corrected chi connectivity index (χ2v) is 6.96. The van der Waals surface area contributed by atoms with Gasteiger partial charge in [-0.1, -0.05) is 6.42 Å². The zero-order valence-corrected chi connectivity index (χ0v) is 11.9. The van der Waals surface area contributed by atoms with Crippen LogP contribution in [0.1, 0.15) is 44.9 Å². The minimum Gasteiger partial charge on any atom is -0.480 e. The monoisotopic (exact) mass is 266 g/mol. The molecule has 3 aliphatic rings. The van der Waals surface area contributed by atoms with Gasteiger partial charge in [0.25, 0.3) is 0 Å². The Morgan fingerprint density at radius 2 is 1.95 bits per heavy atom. The van der Waals surface area contributed by atoms with Crippen molar-refractivity contribution in [2.45, 2.75) is 56.5 Å². The molecule has 0 aromatic rings. The summed E-state index contributed by atoms with van der Waals surface area (Å²) in [5.41, 5.74) is -0.681. The number of aliphatic carboxylic acids is 1. The van der Waals surface area contributed by atoms with Crippen molar-refractivity contribution in [2.75, 3.05) is 20.1 Å². The highest BCUT2D eigenvalue weighted by molar-refractivity contribution is 5.80. The van der Waals surface area contributed by atoms with Crippen molar-refractivity contribution in [1.29, 1.82) is 0 Å². The fourth-order valence-corrected chi connectivity index (χ4v) is 3.37. The van der Waals surface area contributed by atoms with E-state index < -0.39 is 11.5 Å². The molecule has 1 unspecified atom stereocenters. The first-order valence-corrected chi connectivity index (χ1v) is 7.80. The molecule has 3 fully saturated rings. The SMILES string of the molecule is CN(CC1CCC1)CC(NC1CC1)(C(=O)O)C1CC1. The molecular weight excluding hydrogens is 240 g/mol. The summed E-state index contributed by atoms with van der Waals surface area (Å²) in [6.45, 7) is 1.73. The van der Waals surface area contributed by atoms with Crippen LogP contribution >= 0.6 is 0 Å². The number of carbonyl (C=O) groups is 1. The van der Waals surface area contributed by atoms with Gasteiger partial charge in [-0.2, -0.15) is 0 Å². The van der Waals surface area contributed by atoms with Crippen LogP contribution in [0.4, 0.5) is 0 Å². The molecule has 3 rings (SSSR count). The Morgan fingerprint density at radius 1 is 1.26 bits per heavy atom. The third-order valence-corrected chi connectivity index (χ3v) is 5.01. The first-order valence-electron chi connectivity index (χ1n) is 7.80. The van der Waals surface area contributed by atoms with E-state index >= 15 is 0 Å². The molecule has 3 saturated carbocycles. The second-order valence-electron chi connectivity index (χ2n) is 6.96. The van der Waals surface area contributed by atoms with Gasteiger partial charge in [0.15, 0.2) is 0 Å². The highest BCUT2D eigenvalue weighted by Crippen LogP contribution is 2.42. The Balaban J connectivity index is 1.64. The lowest BCUT2D eigenvalue weighted by Gasteiger charge is -2.37. The lowest BCUT2D eigenvalue weighted by atomic mass is 9.84. The summed E-state index contributed by atoms with van der Waals surface area (Å²) < 4.78 is 0. The van der Waals surface area contributed by atoms with E-state index in [2.05, 4.69) is 17.3 Å². The molecule has 0 heterocycles. The van der Waals surface area contributed by atoms with Crippen molar-refractivity contribution < 1.29 is 9.90 Å². The molecule has 0 amide bonds. The van der Waals surface area contributed by atoms with Gasteiger partial charge in [0.2, 0.25) is 0 Å². The van der Waals surface area contributed by atoms with Crippen LogP contribution in [0.25, 0.3) is 0 Å². The van der Waals surface area contributed by atoms with Crippen LogP contribution in [0, 0.1) is 11.8 Å². The maximum Gasteiger partial charge on any atom is 0.325 e. The zero-order chi connectivity index (χ0) is 13.5. The minimum atomic E-state index is -0.681. The largest absolute Gasteiger partial charge is 0.480 e. The third kappa shape index (κ3) is 2.95. The Hall–Kier alpha value is -0.610. The minimum absolute atomic E-state index is 0.342. The van der Waals surface area contributed by atoms with Crippen molar-refractivity contribution in [2.24, 2.45) is 11.8 Å². The number of nitrogens with one attached hydrogen (secondary N) is 1. The number of hydrogen-bond acceptors (Lipinski definition) is 3. The van der Waals surface area contributed by atoms with E-state index in [0.29, 0.717) is 18.5 Å². The summed E-state index contributed by atoms with van der Waals surface area (Å²) in [4.78, 5) is 14.1. The Kier molecular flexibility index (Phi) is 3.56. The standard InChI is InChI=1S/C15H26N2O2/c1-17(9-11-3-2-4-11)10-15(14(18)19,12-5-6-12)16-13-7-8-13/h11-13,16H,2-10H2,1H3,(H,18,19). The van der Waals surface area contributed by atoms with Crippen LogP contribution in [0.2, 0.25) is 0 Å². The van der Waals surface area contributed by atoms with E-state index in [-0.39, 0.29) is 0 Å². The molecule has 19 heavy (non-hydrogen) atoms. The highest BCUT2D eigenvalue weighted by Gasteiger charge is 2.53. The van der Waals surface area contributed by atoms with Crippen molar-refractivity contribution in [1.82, 2.24) is 10.2 Å². The molecule has 0 spiro atoms. The van der Waals surface area contributed by atoms with Crippen molar-refractivity contribution in [3.63, 3.8) is 0 Å². The first-order chi connectivity index (χ1) is 9.10. The molecule has 4 heteroatoms. The van der Waals surface area contributed by atoms with Gasteiger partial charge in [0, 0.05) is 19.1 Å². The van der Waals surface area contributed by atoms with Gasteiger partial charge in [0.1, 0.15) is 5.54 Å². The summed E-state index contributed by atoms with van der Waals surface area (Å²) in [6, 6.07) is 0.453. The quantitative estimate of drug-likeness (QED) is 0.702. The molecule has 0 aromatic carbocycles. The van der Waals surface area contributed by atoms with Gasteiger partial charge in [-0.3, -0.25) is 10.1 Å². The molecule has 4 nitrogen and oxygen atoms in total. The Morgan fingerprint density at radius 3 is 2.37 bits per heavy atom. The van der Waals surface area contributed by atoms with Crippen LogP contribution in [0.3, 0.4) is 0 Å². The summed E-state index contributed by atoms with van der Waals surface area (Å²) in [5.74, 6) is 0.508. The topological polar surface area (TPSA) is 52.6 Å². The molecule has 0 aromatic heterocycles. The molecule has 0 saturated heterocycles. The predicted octanol–water partition coefficient (Wildman–Crippen LogP) is 1.70. The molecule has 0 radical (unpaired) electrons. The molecule has 2 N–H and O–H groups in total. The summed E-state index contributed by atoms with van der Waals surface area (Å²) >= 11 is 0. The molecule has 0 bridgehead atoms. The van der Waals surface area contributed by atoms with Crippen LogP contribution in [0.5, 0.6) is 0 Å². The average molecular weight is 266 g/mol. The van der Waals surface area contributed by atoms with Gasteiger partial charge in [-0.25, -0.2) is 0 Å². The normalized spacial score (nSPS) is 27.1. The lowest BCUT2D eigenvalue weighted by Crippen LogP contribution is -2.61. The van der Waals surface area contributed by atoms with Crippen molar-refractivity contribution >= 4 is 5.97 Å². The maximum absolute atomic E-state index is 11.9. The molecule has 108 valence electrons. The number of hydrogen-bond donors (Lipinski definition) is 2. The average Bonchev–Trinajstić information content (AvgIpc) is 3.12. The predicted molar refractivity (Wildman–Crippen MR) is 74.1 cm³/mol. The second kappa shape index (κ2) is 5.06. The summed E-state index contributed by atoms with van der Waals surface area (Å²) in [6.07, 6.45) is 8.44. The number of carboxylic acids is 1. The van der Waals surface area contributed by atoms with Crippen LogP contribution in [-0.4, -0.2) is 47.7 Å². The zero-order valence-electron chi connectivity index (χ0n) is 11.9. The van der Waals surface area contributed by atoms with E-state index in [1.165, 1.54) is 19.3 Å². The third-order valence-electron chi connectivity index (χ3n) is 5.01. The fourth-order valence-electron chi connectivity index (χ4n) is 3.37. The van der Waals surface area contributed by atoms with Gasteiger partial charge in [-0.15, -0.1) is 0 Å². The fraction of sp³-hybridized carbons (Fsp3) is 0.933. The van der Waals surface area contributed by atoms with E-state index in [1.807, 2.05) is 0 Å². The van der Waals surface area contributed by atoms with Crippen LogP contribution in [0.15, 0.2) is 0 Å². The molecular formula is C15H26N2O2. The van der Waals surface area contributed by atoms with Gasteiger partial charge >= 0.3 is 5.97 Å². The Labute approximate surface area is 115 Å². The molecule has 0 aliphatic heterocycles. The number of carboxylic acid groups (broad SMARTS) is 1. The van der Waals surface area contributed by atoms with E-state index in [0.717, 1.165) is 38.1 Å². The number of rotatable bonds is 8. The van der Waals surface area contributed by atoms with Gasteiger partial charge in [0.05, 0.1) is 0 Å². The van der Waals surface area contributed by atoms with Gasteiger partial charge in [-0.05, 0) is 57.4 Å². The highest BCUT2D eigenvalue weighted by atomic mass is 16.4. The maximum atomic E-state index is 11.9. The van der Waals surface area contributed by atoms with Crippen molar-refractivity contribution in [3.8, 4) is 0 Å². The Bertz CT molecular complexity index is 348. The molecule has 3 aliphatic carbocycles. The number of likely N-dealkylation sites (N-methyl/N-ethyl adjacent to an activating group) is 1. The van der Waals surface area contributed by atoms with Crippen molar-refractivity contribution in [3.05, 3.63) is 0 Å². The summed E-state index contributed by atoms with van der Waals surface area (Å²) in [5, 5.41) is 13.2. The van der Waals surface area contributed by atoms with Gasteiger partial charge < -0.3 is 10.0 Å². The summed E-state index contributed by atoms with van der Waals surface area (Å²) in [7, 11) is 2.09. The van der Waals surface area contributed by atoms with Crippen LogP contribution in [-0.2, 0) is 4.79 Å². The van der Waals surface area contributed by atoms with E-state index in [1.54, 1.807) is 0 Å². The lowest BCUT2D eigenvalue weighted by molar-refractivity contribution is -0.147.